The molecule has 0 bridgehead atoms. The van der Waals surface area contributed by atoms with E-state index in [0.717, 1.165) is 5.56 Å². The molecule has 1 atom stereocenters. The van der Waals surface area contributed by atoms with Crippen molar-refractivity contribution < 1.29 is 17.9 Å². The highest BCUT2D eigenvalue weighted by molar-refractivity contribution is 8.13. The molecule has 96 valence electrons. The molecule has 0 radical (unpaired) electrons. The van der Waals surface area contributed by atoms with E-state index < -0.39 is 14.3 Å². The maximum Gasteiger partial charge on any atom is 0.239 e. The Morgan fingerprint density at radius 2 is 2.00 bits per heavy atom. The van der Waals surface area contributed by atoms with Crippen molar-refractivity contribution in [3.05, 3.63) is 29.3 Å². The molecule has 0 spiro atoms. The van der Waals surface area contributed by atoms with Crippen LogP contribution >= 0.6 is 10.7 Å². The van der Waals surface area contributed by atoms with Crippen LogP contribution in [0.25, 0.3) is 0 Å². The van der Waals surface area contributed by atoms with E-state index in [9.17, 15) is 8.42 Å². The van der Waals surface area contributed by atoms with Gasteiger partial charge < -0.3 is 9.47 Å². The molecule has 0 heterocycles. The SMILES string of the molecule is COCc1cc(C(C)S(=O)(=O)Cl)ccc1OC. The van der Waals surface area contributed by atoms with Crippen molar-refractivity contribution in [1.29, 1.82) is 0 Å². The van der Waals surface area contributed by atoms with E-state index in [0.29, 0.717) is 17.9 Å². The van der Waals surface area contributed by atoms with Crippen LogP contribution in [0.4, 0.5) is 0 Å². The Morgan fingerprint density at radius 1 is 1.35 bits per heavy atom. The van der Waals surface area contributed by atoms with Gasteiger partial charge in [0.25, 0.3) is 0 Å². The molecule has 6 heteroatoms. The van der Waals surface area contributed by atoms with Crippen LogP contribution in [0.1, 0.15) is 23.3 Å². The highest BCUT2D eigenvalue weighted by Crippen LogP contribution is 2.29. The predicted octanol–water partition coefficient (Wildman–Crippen LogP) is 2.47. The van der Waals surface area contributed by atoms with E-state index in [4.69, 9.17) is 20.2 Å². The molecule has 0 aromatic heterocycles. The summed E-state index contributed by atoms with van der Waals surface area (Å²) in [6, 6.07) is 5.12. The van der Waals surface area contributed by atoms with Gasteiger partial charge in [-0.05, 0) is 24.6 Å². The average Bonchev–Trinajstić information content (AvgIpc) is 2.27. The number of halogens is 1. The predicted molar refractivity (Wildman–Crippen MR) is 66.9 cm³/mol. The highest BCUT2D eigenvalue weighted by atomic mass is 35.7. The lowest BCUT2D eigenvalue weighted by Gasteiger charge is -2.13. The number of rotatable bonds is 5. The molecule has 0 aliphatic rings. The zero-order valence-electron chi connectivity index (χ0n) is 9.94. The van der Waals surface area contributed by atoms with Gasteiger partial charge >= 0.3 is 0 Å². The second kappa shape index (κ2) is 5.71. The molecule has 0 amide bonds. The summed E-state index contributed by atoms with van der Waals surface area (Å²) in [6.07, 6.45) is 0. The van der Waals surface area contributed by atoms with Gasteiger partial charge in [-0.2, -0.15) is 0 Å². The van der Waals surface area contributed by atoms with Gasteiger partial charge in [0, 0.05) is 23.4 Å². The molecule has 1 rings (SSSR count). The fourth-order valence-electron chi connectivity index (χ4n) is 1.48. The van der Waals surface area contributed by atoms with Crippen molar-refractivity contribution in [1.82, 2.24) is 0 Å². The van der Waals surface area contributed by atoms with Crippen molar-refractivity contribution >= 4 is 19.7 Å². The topological polar surface area (TPSA) is 52.6 Å². The first kappa shape index (κ1) is 14.3. The Balaban J connectivity index is 3.16. The van der Waals surface area contributed by atoms with Crippen LogP contribution in [0.2, 0.25) is 0 Å². The van der Waals surface area contributed by atoms with Crippen LogP contribution < -0.4 is 4.74 Å². The van der Waals surface area contributed by atoms with E-state index in [2.05, 4.69) is 0 Å². The third-order valence-electron chi connectivity index (χ3n) is 2.50. The van der Waals surface area contributed by atoms with Gasteiger partial charge in [0.05, 0.1) is 19.0 Å². The second-order valence-corrected chi connectivity index (χ2v) is 6.57. The van der Waals surface area contributed by atoms with Crippen LogP contribution in [0, 0.1) is 0 Å². The minimum atomic E-state index is -3.62. The highest BCUT2D eigenvalue weighted by Gasteiger charge is 2.20. The summed E-state index contributed by atoms with van der Waals surface area (Å²) in [7, 11) is 4.83. The van der Waals surface area contributed by atoms with E-state index in [-0.39, 0.29) is 0 Å². The summed E-state index contributed by atoms with van der Waals surface area (Å²) in [5.41, 5.74) is 1.41. The van der Waals surface area contributed by atoms with Gasteiger partial charge in [0.1, 0.15) is 5.75 Å². The Labute approximate surface area is 106 Å². The van der Waals surface area contributed by atoms with E-state index in [1.165, 1.54) is 0 Å². The molecule has 0 aliphatic heterocycles. The maximum absolute atomic E-state index is 11.3. The van der Waals surface area contributed by atoms with Gasteiger partial charge in [-0.3, -0.25) is 0 Å². The van der Waals surface area contributed by atoms with Crippen molar-refractivity contribution in [2.24, 2.45) is 0 Å². The molecular weight excluding hydrogens is 264 g/mol. The summed E-state index contributed by atoms with van der Waals surface area (Å²) in [5, 5.41) is -0.759. The third kappa shape index (κ3) is 3.59. The number of hydrogen-bond acceptors (Lipinski definition) is 4. The zero-order valence-corrected chi connectivity index (χ0v) is 11.5. The molecule has 0 saturated carbocycles. The van der Waals surface area contributed by atoms with Gasteiger partial charge in [-0.1, -0.05) is 6.07 Å². The normalized spacial score (nSPS) is 13.4. The lowest BCUT2D eigenvalue weighted by Crippen LogP contribution is -2.04. The molecule has 0 N–H and O–H groups in total. The molecule has 4 nitrogen and oxygen atoms in total. The van der Waals surface area contributed by atoms with Gasteiger partial charge in [-0.25, -0.2) is 8.42 Å². The largest absolute Gasteiger partial charge is 0.496 e. The quantitative estimate of drug-likeness (QED) is 0.777. The number of ether oxygens (including phenoxy) is 2. The summed E-state index contributed by atoms with van der Waals surface area (Å²) >= 11 is 0. The minimum Gasteiger partial charge on any atom is -0.496 e. The molecule has 0 saturated heterocycles. The first-order valence-electron chi connectivity index (χ1n) is 4.99. The number of methoxy groups -OCH3 is 2. The smallest absolute Gasteiger partial charge is 0.239 e. The lowest BCUT2D eigenvalue weighted by molar-refractivity contribution is 0.181. The number of benzene rings is 1. The van der Waals surface area contributed by atoms with Gasteiger partial charge in [0.2, 0.25) is 9.05 Å². The summed E-state index contributed by atoms with van der Waals surface area (Å²) in [5.74, 6) is 0.662. The first-order chi connectivity index (χ1) is 7.90. The molecular formula is C11H15ClO4S. The standard InChI is InChI=1S/C11H15ClO4S/c1-8(17(12,13)14)9-4-5-11(16-3)10(6-9)7-15-2/h4-6,8H,7H2,1-3H3. The Kier molecular flexibility index (Phi) is 4.80. The molecule has 17 heavy (non-hydrogen) atoms. The fraction of sp³-hybridized carbons (Fsp3) is 0.455. The maximum atomic E-state index is 11.3. The van der Waals surface area contributed by atoms with Crippen molar-refractivity contribution in [3.63, 3.8) is 0 Å². The Hall–Kier alpha value is -0.780. The zero-order chi connectivity index (χ0) is 13.1. The van der Waals surface area contributed by atoms with Crippen molar-refractivity contribution in [2.75, 3.05) is 14.2 Å². The van der Waals surface area contributed by atoms with E-state index in [1.54, 1.807) is 39.3 Å². The lowest BCUT2D eigenvalue weighted by atomic mass is 10.1. The third-order valence-corrected chi connectivity index (χ3v) is 4.41. The minimum absolute atomic E-state index is 0.353. The molecule has 0 aliphatic carbocycles. The van der Waals surface area contributed by atoms with Crippen molar-refractivity contribution in [2.45, 2.75) is 18.8 Å². The first-order valence-corrected chi connectivity index (χ1v) is 7.36. The summed E-state index contributed by atoms with van der Waals surface area (Å²) in [6.45, 7) is 1.90. The fourth-order valence-corrected chi connectivity index (χ4v) is 2.26. The molecule has 1 aromatic carbocycles. The Bertz CT molecular complexity index is 484. The van der Waals surface area contributed by atoms with Crippen LogP contribution in [0.5, 0.6) is 5.75 Å². The Morgan fingerprint density at radius 3 is 2.47 bits per heavy atom. The van der Waals surface area contributed by atoms with Crippen LogP contribution in [-0.2, 0) is 20.4 Å². The van der Waals surface area contributed by atoms with Crippen molar-refractivity contribution in [3.8, 4) is 5.75 Å². The van der Waals surface area contributed by atoms with Crippen LogP contribution in [-0.4, -0.2) is 22.6 Å². The average molecular weight is 279 g/mol. The van der Waals surface area contributed by atoms with E-state index in [1.807, 2.05) is 0 Å². The summed E-state index contributed by atoms with van der Waals surface area (Å²) < 4.78 is 32.7. The van der Waals surface area contributed by atoms with Gasteiger partial charge in [-0.15, -0.1) is 0 Å². The summed E-state index contributed by atoms with van der Waals surface area (Å²) in [4.78, 5) is 0. The second-order valence-electron chi connectivity index (χ2n) is 3.62. The number of hydrogen-bond donors (Lipinski definition) is 0. The van der Waals surface area contributed by atoms with Crippen LogP contribution in [0.15, 0.2) is 18.2 Å². The molecule has 0 fully saturated rings. The molecule has 1 aromatic rings. The van der Waals surface area contributed by atoms with Gasteiger partial charge in [0.15, 0.2) is 0 Å². The molecule has 1 unspecified atom stereocenters. The van der Waals surface area contributed by atoms with Crippen LogP contribution in [0.3, 0.4) is 0 Å². The monoisotopic (exact) mass is 278 g/mol. The van der Waals surface area contributed by atoms with E-state index >= 15 is 0 Å².